The summed E-state index contributed by atoms with van der Waals surface area (Å²) in [5.41, 5.74) is 1.29. The van der Waals surface area contributed by atoms with Crippen LogP contribution in [0, 0.1) is 12.8 Å². The van der Waals surface area contributed by atoms with E-state index in [2.05, 4.69) is 26.8 Å². The predicted molar refractivity (Wildman–Crippen MR) is 79.2 cm³/mol. The van der Waals surface area contributed by atoms with Gasteiger partial charge in [-0.1, -0.05) is 0 Å². The molecule has 0 radical (unpaired) electrons. The number of carbonyl (C=O) groups excluding carboxylic acids is 1. The van der Waals surface area contributed by atoms with Gasteiger partial charge in [-0.15, -0.1) is 0 Å². The normalized spacial score (nSPS) is 17.4. The molecule has 0 saturated carbocycles. The molecule has 20 heavy (non-hydrogen) atoms. The lowest BCUT2D eigenvalue weighted by atomic mass is 9.93. The van der Waals surface area contributed by atoms with Gasteiger partial charge in [-0.3, -0.25) is 9.69 Å². The van der Waals surface area contributed by atoms with Crippen LogP contribution in [0.2, 0.25) is 0 Å². The molecule has 1 fully saturated rings. The number of rotatable bonds is 5. The number of piperidine rings is 1. The summed E-state index contributed by atoms with van der Waals surface area (Å²) in [4.78, 5) is 17.7. The highest BCUT2D eigenvalue weighted by Crippen LogP contribution is 2.21. The lowest BCUT2D eigenvalue weighted by molar-refractivity contribution is -0.119. The van der Waals surface area contributed by atoms with Gasteiger partial charge in [-0.05, 0) is 45.2 Å². The summed E-state index contributed by atoms with van der Waals surface area (Å²) < 4.78 is 2.17. The largest absolute Gasteiger partial charge is 0.356 e. The third-order valence-electron chi connectivity index (χ3n) is 4.34. The van der Waals surface area contributed by atoms with E-state index in [9.17, 15) is 4.79 Å². The Kier molecular flexibility index (Phi) is 5.17. The molecule has 1 N–H and O–H groups in total. The third-order valence-corrected chi connectivity index (χ3v) is 4.34. The van der Waals surface area contributed by atoms with Crippen molar-refractivity contribution < 1.29 is 4.79 Å². The molecule has 5 heteroatoms. The Morgan fingerprint density at radius 2 is 2.15 bits per heavy atom. The summed E-state index contributed by atoms with van der Waals surface area (Å²) in [5, 5.41) is 2.89. The second-order valence-corrected chi connectivity index (χ2v) is 5.85. The number of nitrogens with zero attached hydrogens (tertiary/aromatic N) is 3. The highest BCUT2D eigenvalue weighted by atomic mass is 16.1. The third kappa shape index (κ3) is 4.07. The van der Waals surface area contributed by atoms with Crippen molar-refractivity contribution in [1.29, 1.82) is 0 Å². The van der Waals surface area contributed by atoms with E-state index in [-0.39, 0.29) is 5.91 Å². The van der Waals surface area contributed by atoms with E-state index < -0.39 is 0 Å². The van der Waals surface area contributed by atoms with E-state index in [0.29, 0.717) is 0 Å². The van der Waals surface area contributed by atoms with Gasteiger partial charge in [0, 0.05) is 33.3 Å². The molecular weight excluding hydrogens is 252 g/mol. The summed E-state index contributed by atoms with van der Waals surface area (Å²) in [6.07, 6.45) is 5.56. The predicted octanol–water partition coefficient (Wildman–Crippen LogP) is 1.47. The van der Waals surface area contributed by atoms with E-state index in [0.717, 1.165) is 44.3 Å². The molecule has 2 heterocycles. The Morgan fingerprint density at radius 3 is 2.70 bits per heavy atom. The maximum absolute atomic E-state index is 10.8. The van der Waals surface area contributed by atoms with Gasteiger partial charge in [0.05, 0.1) is 5.69 Å². The van der Waals surface area contributed by atoms with Crippen molar-refractivity contribution in [2.45, 2.75) is 39.7 Å². The molecule has 0 unspecified atom stereocenters. The number of hydrogen-bond donors (Lipinski definition) is 1. The smallest absolute Gasteiger partial charge is 0.216 e. The average molecular weight is 278 g/mol. The number of carbonyl (C=O) groups is 1. The van der Waals surface area contributed by atoms with Crippen LogP contribution in [0.5, 0.6) is 0 Å². The van der Waals surface area contributed by atoms with Crippen LogP contribution in [0.4, 0.5) is 0 Å². The summed E-state index contributed by atoms with van der Waals surface area (Å²) in [6, 6.07) is 0. The Morgan fingerprint density at radius 1 is 1.45 bits per heavy atom. The molecule has 2 rings (SSSR count). The standard InChI is InChI=1S/C15H26N4O/c1-12-17-10-15(18(12)3)11-19-8-5-14(6-9-19)4-7-16-13(2)20/h10,14H,4-9,11H2,1-3H3,(H,16,20). The van der Waals surface area contributed by atoms with Crippen molar-refractivity contribution in [3.63, 3.8) is 0 Å². The Labute approximate surface area is 121 Å². The minimum Gasteiger partial charge on any atom is -0.356 e. The van der Waals surface area contributed by atoms with Crippen LogP contribution >= 0.6 is 0 Å². The van der Waals surface area contributed by atoms with Gasteiger partial charge in [0.1, 0.15) is 5.82 Å². The molecular formula is C15H26N4O. The minimum absolute atomic E-state index is 0.0778. The van der Waals surface area contributed by atoms with Crippen LogP contribution in [0.25, 0.3) is 0 Å². The number of amides is 1. The molecule has 0 atom stereocenters. The molecule has 112 valence electrons. The van der Waals surface area contributed by atoms with Crippen LogP contribution in [0.15, 0.2) is 6.20 Å². The van der Waals surface area contributed by atoms with Crippen molar-refractivity contribution in [3.05, 3.63) is 17.7 Å². The van der Waals surface area contributed by atoms with E-state index in [1.54, 1.807) is 6.92 Å². The molecule has 5 nitrogen and oxygen atoms in total. The number of hydrogen-bond acceptors (Lipinski definition) is 3. The first kappa shape index (κ1) is 15.0. The van der Waals surface area contributed by atoms with Crippen LogP contribution in [0.3, 0.4) is 0 Å². The Hall–Kier alpha value is -1.36. The van der Waals surface area contributed by atoms with Crippen molar-refractivity contribution in [2.24, 2.45) is 13.0 Å². The quantitative estimate of drug-likeness (QED) is 0.887. The molecule has 0 aromatic carbocycles. The van der Waals surface area contributed by atoms with Crippen LogP contribution in [-0.2, 0) is 18.4 Å². The SMILES string of the molecule is CC(=O)NCCC1CCN(Cc2cnc(C)n2C)CC1. The second-order valence-electron chi connectivity index (χ2n) is 5.85. The molecule has 1 aliphatic rings. The van der Waals surface area contributed by atoms with E-state index in [4.69, 9.17) is 0 Å². The first-order valence-electron chi connectivity index (χ1n) is 7.50. The highest BCUT2D eigenvalue weighted by molar-refractivity contribution is 5.72. The summed E-state index contributed by atoms with van der Waals surface area (Å²) >= 11 is 0. The molecule has 1 amide bonds. The van der Waals surface area contributed by atoms with Gasteiger partial charge in [-0.2, -0.15) is 0 Å². The Bertz CT molecular complexity index is 447. The maximum Gasteiger partial charge on any atom is 0.216 e. The molecule has 1 aromatic heterocycles. The summed E-state index contributed by atoms with van der Waals surface area (Å²) in [7, 11) is 2.08. The first-order valence-corrected chi connectivity index (χ1v) is 7.50. The maximum atomic E-state index is 10.8. The van der Waals surface area contributed by atoms with Crippen molar-refractivity contribution in [3.8, 4) is 0 Å². The summed E-state index contributed by atoms with van der Waals surface area (Å²) in [6.45, 7) is 7.73. The van der Waals surface area contributed by atoms with Crippen LogP contribution in [0.1, 0.15) is 37.7 Å². The van der Waals surface area contributed by atoms with Crippen molar-refractivity contribution in [2.75, 3.05) is 19.6 Å². The van der Waals surface area contributed by atoms with E-state index in [1.807, 2.05) is 13.1 Å². The van der Waals surface area contributed by atoms with Crippen LogP contribution < -0.4 is 5.32 Å². The first-order chi connectivity index (χ1) is 9.56. The molecule has 0 spiro atoms. The number of nitrogens with one attached hydrogen (secondary N) is 1. The summed E-state index contributed by atoms with van der Waals surface area (Å²) in [5.74, 6) is 1.91. The molecule has 1 saturated heterocycles. The lowest BCUT2D eigenvalue weighted by Gasteiger charge is -2.31. The monoisotopic (exact) mass is 278 g/mol. The van der Waals surface area contributed by atoms with Crippen molar-refractivity contribution >= 4 is 5.91 Å². The molecule has 0 bridgehead atoms. The lowest BCUT2D eigenvalue weighted by Crippen LogP contribution is -2.35. The van der Waals surface area contributed by atoms with Gasteiger partial charge in [-0.25, -0.2) is 4.98 Å². The van der Waals surface area contributed by atoms with Gasteiger partial charge in [0.15, 0.2) is 0 Å². The van der Waals surface area contributed by atoms with Crippen molar-refractivity contribution in [1.82, 2.24) is 19.8 Å². The van der Waals surface area contributed by atoms with Crippen LogP contribution in [-0.4, -0.2) is 40.0 Å². The molecule has 1 aromatic rings. The zero-order valence-corrected chi connectivity index (χ0v) is 12.9. The fourth-order valence-corrected chi connectivity index (χ4v) is 2.81. The van der Waals surface area contributed by atoms with Gasteiger partial charge in [0.25, 0.3) is 0 Å². The van der Waals surface area contributed by atoms with Gasteiger partial charge < -0.3 is 9.88 Å². The molecule has 1 aliphatic heterocycles. The van der Waals surface area contributed by atoms with E-state index in [1.165, 1.54) is 18.5 Å². The fourth-order valence-electron chi connectivity index (χ4n) is 2.81. The number of likely N-dealkylation sites (tertiary alicyclic amines) is 1. The zero-order valence-electron chi connectivity index (χ0n) is 12.9. The van der Waals surface area contributed by atoms with E-state index >= 15 is 0 Å². The fraction of sp³-hybridized carbons (Fsp3) is 0.733. The molecule has 0 aliphatic carbocycles. The Balaban J connectivity index is 1.71. The zero-order chi connectivity index (χ0) is 14.5. The number of aryl methyl sites for hydroxylation is 1. The van der Waals surface area contributed by atoms with Gasteiger partial charge >= 0.3 is 0 Å². The minimum atomic E-state index is 0.0778. The number of aromatic nitrogens is 2. The second kappa shape index (κ2) is 6.88. The topological polar surface area (TPSA) is 50.2 Å². The average Bonchev–Trinajstić information content (AvgIpc) is 2.72. The highest BCUT2D eigenvalue weighted by Gasteiger charge is 2.19. The van der Waals surface area contributed by atoms with Gasteiger partial charge in [0.2, 0.25) is 5.91 Å². The number of imidazole rings is 1.